The fourth-order valence-electron chi connectivity index (χ4n) is 2.67. The zero-order chi connectivity index (χ0) is 17.5. The van der Waals surface area contributed by atoms with Crippen LogP contribution in [0.3, 0.4) is 0 Å². The second-order valence-corrected chi connectivity index (χ2v) is 5.84. The van der Waals surface area contributed by atoms with Crippen LogP contribution < -0.4 is 10.1 Å². The SMILES string of the molecule is O=C(CCCOc1cccc2ccccc12)NCc1cccc(F)c1. The second kappa shape index (κ2) is 8.29. The summed E-state index contributed by atoms with van der Waals surface area (Å²) in [7, 11) is 0. The maximum absolute atomic E-state index is 13.1. The van der Waals surface area contributed by atoms with Gasteiger partial charge < -0.3 is 10.1 Å². The molecule has 0 saturated heterocycles. The van der Waals surface area contributed by atoms with Gasteiger partial charge in [-0.25, -0.2) is 4.39 Å². The third-order valence-corrected chi connectivity index (χ3v) is 3.93. The summed E-state index contributed by atoms with van der Waals surface area (Å²) in [4.78, 5) is 11.9. The number of carbonyl (C=O) groups is 1. The van der Waals surface area contributed by atoms with Gasteiger partial charge in [-0.15, -0.1) is 0 Å². The summed E-state index contributed by atoms with van der Waals surface area (Å²) in [6.45, 7) is 0.808. The first-order valence-electron chi connectivity index (χ1n) is 8.34. The van der Waals surface area contributed by atoms with Crippen molar-refractivity contribution < 1.29 is 13.9 Å². The number of rotatable bonds is 7. The molecule has 3 aromatic rings. The summed E-state index contributed by atoms with van der Waals surface area (Å²) in [6, 6.07) is 20.2. The molecule has 25 heavy (non-hydrogen) atoms. The van der Waals surface area contributed by atoms with E-state index < -0.39 is 0 Å². The lowest BCUT2D eigenvalue weighted by Gasteiger charge is -2.09. The number of ether oxygens (including phenoxy) is 1. The molecule has 0 fully saturated rings. The van der Waals surface area contributed by atoms with E-state index in [1.54, 1.807) is 12.1 Å². The minimum absolute atomic E-state index is 0.0641. The van der Waals surface area contributed by atoms with Crippen LogP contribution in [0, 0.1) is 5.82 Å². The molecule has 1 N–H and O–H groups in total. The number of amides is 1. The predicted octanol–water partition coefficient (Wildman–Crippen LogP) is 4.45. The number of halogens is 1. The van der Waals surface area contributed by atoms with Crippen LogP contribution in [0.5, 0.6) is 5.75 Å². The number of hydrogen-bond acceptors (Lipinski definition) is 2. The first-order chi connectivity index (χ1) is 12.2. The quantitative estimate of drug-likeness (QED) is 0.647. The van der Waals surface area contributed by atoms with Crippen LogP contribution in [0.25, 0.3) is 10.8 Å². The fraction of sp³-hybridized carbons (Fsp3) is 0.190. The van der Waals surface area contributed by atoms with E-state index >= 15 is 0 Å². The Morgan fingerprint density at radius 1 is 1.00 bits per heavy atom. The van der Waals surface area contributed by atoms with E-state index in [1.807, 2.05) is 42.5 Å². The van der Waals surface area contributed by atoms with Crippen molar-refractivity contribution in [3.63, 3.8) is 0 Å². The molecule has 0 aromatic heterocycles. The Kier molecular flexibility index (Phi) is 5.62. The molecule has 3 rings (SSSR count). The standard InChI is InChI=1S/C21H20FNO2/c22-18-9-3-6-16(14-18)15-23-21(24)12-5-13-25-20-11-4-8-17-7-1-2-10-19(17)20/h1-4,6-11,14H,5,12-13,15H2,(H,23,24). The zero-order valence-corrected chi connectivity index (χ0v) is 13.9. The van der Waals surface area contributed by atoms with Crippen LogP contribution in [-0.4, -0.2) is 12.5 Å². The van der Waals surface area contributed by atoms with E-state index in [9.17, 15) is 9.18 Å². The highest BCUT2D eigenvalue weighted by molar-refractivity contribution is 5.88. The van der Waals surface area contributed by atoms with Crippen molar-refractivity contribution >= 4 is 16.7 Å². The largest absolute Gasteiger partial charge is 0.493 e. The highest BCUT2D eigenvalue weighted by Gasteiger charge is 2.04. The van der Waals surface area contributed by atoms with Crippen LogP contribution >= 0.6 is 0 Å². The highest BCUT2D eigenvalue weighted by Crippen LogP contribution is 2.25. The molecule has 0 bridgehead atoms. The zero-order valence-electron chi connectivity index (χ0n) is 13.9. The maximum Gasteiger partial charge on any atom is 0.220 e. The summed E-state index contributed by atoms with van der Waals surface area (Å²) in [5.74, 6) is 0.472. The summed E-state index contributed by atoms with van der Waals surface area (Å²) in [5.41, 5.74) is 0.750. The Hall–Kier alpha value is -2.88. The van der Waals surface area contributed by atoms with Crippen molar-refractivity contribution in [2.45, 2.75) is 19.4 Å². The molecule has 0 unspecified atom stereocenters. The van der Waals surface area contributed by atoms with Gasteiger partial charge in [0.2, 0.25) is 5.91 Å². The molecule has 0 radical (unpaired) electrons. The van der Waals surface area contributed by atoms with Crippen LogP contribution in [0.4, 0.5) is 4.39 Å². The first kappa shape index (κ1) is 17.0. The molecule has 3 nitrogen and oxygen atoms in total. The maximum atomic E-state index is 13.1. The minimum Gasteiger partial charge on any atom is -0.493 e. The summed E-state index contributed by atoms with van der Waals surface area (Å²) in [6.07, 6.45) is 0.998. The molecule has 0 aliphatic carbocycles. The van der Waals surface area contributed by atoms with Crippen molar-refractivity contribution in [3.8, 4) is 5.75 Å². The van der Waals surface area contributed by atoms with Crippen LogP contribution in [0.2, 0.25) is 0 Å². The number of fused-ring (bicyclic) bond motifs is 1. The minimum atomic E-state index is -0.296. The van der Waals surface area contributed by atoms with E-state index in [0.29, 0.717) is 26.0 Å². The van der Waals surface area contributed by atoms with Gasteiger partial charge in [-0.1, -0.05) is 48.5 Å². The number of carbonyl (C=O) groups excluding carboxylic acids is 1. The van der Waals surface area contributed by atoms with Crippen molar-refractivity contribution in [1.29, 1.82) is 0 Å². The van der Waals surface area contributed by atoms with Crippen molar-refractivity contribution in [1.82, 2.24) is 5.32 Å². The Morgan fingerprint density at radius 3 is 2.68 bits per heavy atom. The van der Waals surface area contributed by atoms with Crippen molar-refractivity contribution in [2.75, 3.05) is 6.61 Å². The van der Waals surface area contributed by atoms with Gasteiger partial charge in [0.25, 0.3) is 0 Å². The third-order valence-electron chi connectivity index (χ3n) is 3.93. The molecule has 1 amide bonds. The summed E-state index contributed by atoms with van der Waals surface area (Å²) >= 11 is 0. The van der Waals surface area contributed by atoms with Crippen LogP contribution in [0.1, 0.15) is 18.4 Å². The number of hydrogen-bond donors (Lipinski definition) is 1. The first-order valence-corrected chi connectivity index (χ1v) is 8.34. The van der Waals surface area contributed by atoms with Crippen LogP contribution in [0.15, 0.2) is 66.7 Å². The Bertz CT molecular complexity index is 858. The normalized spacial score (nSPS) is 10.6. The van der Waals surface area contributed by atoms with Gasteiger partial charge in [-0.3, -0.25) is 4.79 Å². The molecule has 0 heterocycles. The lowest BCUT2D eigenvalue weighted by atomic mass is 10.1. The van der Waals surface area contributed by atoms with Gasteiger partial charge in [0.05, 0.1) is 6.61 Å². The molecule has 3 aromatic carbocycles. The van der Waals surface area contributed by atoms with Crippen LogP contribution in [-0.2, 0) is 11.3 Å². The topological polar surface area (TPSA) is 38.3 Å². The Labute approximate surface area is 146 Å². The van der Waals surface area contributed by atoms with Gasteiger partial charge in [-0.05, 0) is 35.6 Å². The fourth-order valence-corrected chi connectivity index (χ4v) is 2.67. The van der Waals surface area contributed by atoms with Gasteiger partial charge in [-0.2, -0.15) is 0 Å². The Balaban J connectivity index is 1.42. The van der Waals surface area contributed by atoms with E-state index in [4.69, 9.17) is 4.74 Å². The average Bonchev–Trinajstić information content (AvgIpc) is 2.64. The molecule has 128 valence electrons. The lowest BCUT2D eigenvalue weighted by molar-refractivity contribution is -0.121. The van der Waals surface area contributed by atoms with Gasteiger partial charge in [0, 0.05) is 18.4 Å². The molecule has 0 saturated carbocycles. The third kappa shape index (κ3) is 4.80. The van der Waals surface area contributed by atoms with Gasteiger partial charge in [0.1, 0.15) is 11.6 Å². The lowest BCUT2D eigenvalue weighted by Crippen LogP contribution is -2.23. The monoisotopic (exact) mass is 337 g/mol. The summed E-state index contributed by atoms with van der Waals surface area (Å²) < 4.78 is 18.9. The van der Waals surface area contributed by atoms with Gasteiger partial charge in [0.15, 0.2) is 0 Å². The van der Waals surface area contributed by atoms with E-state index in [2.05, 4.69) is 5.32 Å². The number of nitrogens with one attached hydrogen (secondary N) is 1. The van der Waals surface area contributed by atoms with E-state index in [1.165, 1.54) is 12.1 Å². The Morgan fingerprint density at radius 2 is 1.80 bits per heavy atom. The molecule has 0 atom stereocenters. The second-order valence-electron chi connectivity index (χ2n) is 5.84. The van der Waals surface area contributed by atoms with Gasteiger partial charge >= 0.3 is 0 Å². The molecule has 0 aliphatic heterocycles. The number of benzene rings is 3. The van der Waals surface area contributed by atoms with E-state index in [-0.39, 0.29) is 11.7 Å². The van der Waals surface area contributed by atoms with Crippen molar-refractivity contribution in [3.05, 3.63) is 78.1 Å². The molecule has 4 heteroatoms. The summed E-state index contributed by atoms with van der Waals surface area (Å²) in [5, 5.41) is 5.00. The smallest absolute Gasteiger partial charge is 0.220 e. The highest BCUT2D eigenvalue weighted by atomic mass is 19.1. The predicted molar refractivity (Wildman–Crippen MR) is 96.9 cm³/mol. The molecule has 0 aliphatic rings. The average molecular weight is 337 g/mol. The molecule has 0 spiro atoms. The van der Waals surface area contributed by atoms with E-state index in [0.717, 1.165) is 22.1 Å². The van der Waals surface area contributed by atoms with Crippen molar-refractivity contribution in [2.24, 2.45) is 0 Å². The molecular formula is C21H20FNO2. The molecular weight excluding hydrogens is 317 g/mol.